The molecule has 1 atom stereocenters. The molecule has 1 aromatic heterocycles. The Balaban J connectivity index is 2.84. The van der Waals surface area contributed by atoms with Crippen molar-refractivity contribution >= 4 is 11.8 Å². The number of anilines is 1. The average Bonchev–Trinajstić information content (AvgIpc) is 2.36. The first kappa shape index (κ1) is 15.4. The highest BCUT2D eigenvalue weighted by atomic mass is 16.5. The van der Waals surface area contributed by atoms with Crippen LogP contribution in [0.1, 0.15) is 35.8 Å². The van der Waals surface area contributed by atoms with Gasteiger partial charge in [-0.05, 0) is 18.1 Å². The van der Waals surface area contributed by atoms with Gasteiger partial charge in [0.1, 0.15) is 5.82 Å². The Hall–Kier alpha value is -1.66. The van der Waals surface area contributed by atoms with Crippen molar-refractivity contribution in [1.82, 2.24) is 4.98 Å². The van der Waals surface area contributed by atoms with Crippen molar-refractivity contribution in [2.75, 3.05) is 25.6 Å². The number of nitrogens with one attached hydrogen (secondary N) is 1. The highest BCUT2D eigenvalue weighted by molar-refractivity contribution is 5.88. The molecular formula is C13H20N2O4. The van der Waals surface area contributed by atoms with Crippen molar-refractivity contribution in [2.24, 2.45) is 0 Å². The van der Waals surface area contributed by atoms with E-state index in [0.717, 1.165) is 0 Å². The predicted octanol–water partition coefficient (Wildman–Crippen LogP) is 1.32. The van der Waals surface area contributed by atoms with Gasteiger partial charge in [-0.1, -0.05) is 13.8 Å². The van der Waals surface area contributed by atoms with Gasteiger partial charge in [0.25, 0.3) is 0 Å². The van der Waals surface area contributed by atoms with E-state index in [-0.39, 0.29) is 24.6 Å². The van der Waals surface area contributed by atoms with Crippen LogP contribution in [0.3, 0.4) is 0 Å². The van der Waals surface area contributed by atoms with E-state index in [0.29, 0.717) is 11.5 Å². The number of hydrogen-bond donors (Lipinski definition) is 3. The van der Waals surface area contributed by atoms with Gasteiger partial charge < -0.3 is 20.3 Å². The molecule has 3 N–H and O–H groups in total. The highest BCUT2D eigenvalue weighted by Crippen LogP contribution is 2.17. The largest absolute Gasteiger partial charge is 0.478 e. The first-order valence-electron chi connectivity index (χ1n) is 6.10. The smallest absolute Gasteiger partial charge is 0.335 e. The second kappa shape index (κ2) is 7.06. The van der Waals surface area contributed by atoms with E-state index in [4.69, 9.17) is 9.84 Å². The fraction of sp³-hybridized carbons (Fsp3) is 0.538. The summed E-state index contributed by atoms with van der Waals surface area (Å²) in [4.78, 5) is 15.4. The average molecular weight is 268 g/mol. The molecule has 0 fully saturated rings. The quantitative estimate of drug-likeness (QED) is 0.691. The van der Waals surface area contributed by atoms with E-state index in [9.17, 15) is 9.90 Å². The zero-order chi connectivity index (χ0) is 14.4. The molecule has 0 aliphatic heterocycles. The van der Waals surface area contributed by atoms with Crippen LogP contribution in [-0.4, -0.2) is 47.5 Å². The molecule has 1 rings (SSSR count). The molecule has 0 spiro atoms. The number of rotatable bonds is 7. The summed E-state index contributed by atoms with van der Waals surface area (Å²) in [5.41, 5.74) is 0.881. The van der Waals surface area contributed by atoms with Gasteiger partial charge in [0.15, 0.2) is 0 Å². The third kappa shape index (κ3) is 4.84. The second-order valence-electron chi connectivity index (χ2n) is 4.62. The van der Waals surface area contributed by atoms with Crippen molar-refractivity contribution in [3.8, 4) is 0 Å². The summed E-state index contributed by atoms with van der Waals surface area (Å²) in [6.07, 6.45) is -0.664. The normalized spacial score (nSPS) is 12.5. The molecule has 1 aromatic rings. The van der Waals surface area contributed by atoms with Gasteiger partial charge in [0, 0.05) is 19.3 Å². The zero-order valence-corrected chi connectivity index (χ0v) is 11.4. The van der Waals surface area contributed by atoms with Crippen molar-refractivity contribution < 1.29 is 19.7 Å². The molecular weight excluding hydrogens is 248 g/mol. The first-order chi connectivity index (χ1) is 8.93. The lowest BCUT2D eigenvalue weighted by molar-refractivity contribution is 0.0696. The number of carbonyl (C=O) groups is 1. The van der Waals surface area contributed by atoms with Crippen molar-refractivity contribution in [1.29, 1.82) is 0 Å². The van der Waals surface area contributed by atoms with Crippen molar-refractivity contribution in [2.45, 2.75) is 25.9 Å². The molecule has 0 radical (unpaired) electrons. The summed E-state index contributed by atoms with van der Waals surface area (Å²) in [5, 5.41) is 21.5. The standard InChI is InChI=1S/C13H20N2O4/c1-8(2)11-4-9(13(17)18)5-12(15-11)14-6-10(16)7-19-3/h4-5,8,10,16H,6-7H2,1-3H3,(H,14,15)(H,17,18). The number of aromatic carboxylic acids is 1. The number of ether oxygens (including phenoxy) is 1. The summed E-state index contributed by atoms with van der Waals surface area (Å²) < 4.78 is 4.81. The molecule has 0 saturated carbocycles. The number of pyridine rings is 1. The first-order valence-corrected chi connectivity index (χ1v) is 6.10. The molecule has 0 amide bonds. The Morgan fingerprint density at radius 3 is 2.68 bits per heavy atom. The summed E-state index contributed by atoms with van der Waals surface area (Å²) in [6, 6.07) is 3.01. The van der Waals surface area contributed by atoms with E-state index < -0.39 is 12.1 Å². The van der Waals surface area contributed by atoms with Crippen LogP contribution in [0.2, 0.25) is 0 Å². The van der Waals surface area contributed by atoms with Gasteiger partial charge in [-0.15, -0.1) is 0 Å². The number of aromatic nitrogens is 1. The maximum Gasteiger partial charge on any atom is 0.335 e. The molecule has 106 valence electrons. The van der Waals surface area contributed by atoms with Gasteiger partial charge in [-0.2, -0.15) is 0 Å². The van der Waals surface area contributed by atoms with Gasteiger partial charge in [0.2, 0.25) is 0 Å². The van der Waals surface area contributed by atoms with Crippen LogP contribution >= 0.6 is 0 Å². The third-order valence-electron chi connectivity index (χ3n) is 2.56. The molecule has 6 nitrogen and oxygen atoms in total. The molecule has 0 aliphatic rings. The summed E-state index contributed by atoms with van der Waals surface area (Å²) in [5.74, 6) is -0.424. The molecule has 0 aromatic carbocycles. The van der Waals surface area contributed by atoms with Crippen LogP contribution in [0.4, 0.5) is 5.82 Å². The van der Waals surface area contributed by atoms with Gasteiger partial charge in [0.05, 0.1) is 18.3 Å². The summed E-state index contributed by atoms with van der Waals surface area (Å²) in [7, 11) is 1.50. The van der Waals surface area contributed by atoms with Crippen LogP contribution in [-0.2, 0) is 4.74 Å². The minimum atomic E-state index is -0.996. The Bertz CT molecular complexity index is 435. The van der Waals surface area contributed by atoms with Crippen LogP contribution in [0.25, 0.3) is 0 Å². The molecule has 1 unspecified atom stereocenters. The van der Waals surface area contributed by atoms with E-state index in [1.165, 1.54) is 13.2 Å². The zero-order valence-electron chi connectivity index (χ0n) is 11.4. The van der Waals surface area contributed by atoms with Crippen molar-refractivity contribution in [3.05, 3.63) is 23.4 Å². The lowest BCUT2D eigenvalue weighted by atomic mass is 10.1. The fourth-order valence-electron chi connectivity index (χ4n) is 1.54. The molecule has 6 heteroatoms. The van der Waals surface area contributed by atoms with Gasteiger partial charge in [-0.3, -0.25) is 0 Å². The monoisotopic (exact) mass is 268 g/mol. The number of hydrogen-bond acceptors (Lipinski definition) is 5. The minimum Gasteiger partial charge on any atom is -0.478 e. The lowest BCUT2D eigenvalue weighted by Crippen LogP contribution is -2.24. The highest BCUT2D eigenvalue weighted by Gasteiger charge is 2.11. The van der Waals surface area contributed by atoms with Gasteiger partial charge >= 0.3 is 5.97 Å². The predicted molar refractivity (Wildman–Crippen MR) is 71.7 cm³/mol. The number of carboxylic acids is 1. The number of aliphatic hydroxyl groups excluding tert-OH is 1. The van der Waals surface area contributed by atoms with Crippen LogP contribution < -0.4 is 5.32 Å². The van der Waals surface area contributed by atoms with E-state index in [2.05, 4.69) is 10.3 Å². The van der Waals surface area contributed by atoms with Crippen LogP contribution in [0, 0.1) is 0 Å². The Labute approximate surface area is 112 Å². The summed E-state index contributed by atoms with van der Waals surface area (Å²) in [6.45, 7) is 4.35. The van der Waals surface area contributed by atoms with Crippen molar-refractivity contribution in [3.63, 3.8) is 0 Å². The maximum absolute atomic E-state index is 11.0. The SMILES string of the molecule is COCC(O)CNc1cc(C(=O)O)cc(C(C)C)n1. The third-order valence-corrected chi connectivity index (χ3v) is 2.56. The van der Waals surface area contributed by atoms with E-state index in [1.54, 1.807) is 6.07 Å². The number of nitrogens with zero attached hydrogens (tertiary/aromatic N) is 1. The number of methoxy groups -OCH3 is 1. The van der Waals surface area contributed by atoms with Gasteiger partial charge in [-0.25, -0.2) is 9.78 Å². The van der Waals surface area contributed by atoms with E-state index in [1.807, 2.05) is 13.8 Å². The Morgan fingerprint density at radius 1 is 1.47 bits per heavy atom. The number of carboxylic acid groups (broad SMARTS) is 1. The number of aliphatic hydroxyl groups is 1. The topological polar surface area (TPSA) is 91.7 Å². The summed E-state index contributed by atoms with van der Waals surface area (Å²) >= 11 is 0. The minimum absolute atomic E-state index is 0.128. The Kier molecular flexibility index (Phi) is 5.72. The Morgan fingerprint density at radius 2 is 2.16 bits per heavy atom. The van der Waals surface area contributed by atoms with Crippen LogP contribution in [0.15, 0.2) is 12.1 Å². The molecule has 0 bridgehead atoms. The molecule has 1 heterocycles. The molecule has 0 aliphatic carbocycles. The maximum atomic E-state index is 11.0. The van der Waals surface area contributed by atoms with Crippen LogP contribution in [0.5, 0.6) is 0 Å². The fourth-order valence-corrected chi connectivity index (χ4v) is 1.54. The molecule has 0 saturated heterocycles. The molecule has 19 heavy (non-hydrogen) atoms. The van der Waals surface area contributed by atoms with E-state index >= 15 is 0 Å². The second-order valence-corrected chi connectivity index (χ2v) is 4.62. The lowest BCUT2D eigenvalue weighted by Gasteiger charge is -2.13.